The van der Waals surface area contributed by atoms with Crippen LogP contribution in [0.3, 0.4) is 0 Å². The quantitative estimate of drug-likeness (QED) is 0.756. The molecule has 0 spiro atoms. The molecular formula is C16H21NO4. The summed E-state index contributed by atoms with van der Waals surface area (Å²) in [4.78, 5) is 23.0. The highest BCUT2D eigenvalue weighted by Crippen LogP contribution is 2.18. The van der Waals surface area contributed by atoms with Gasteiger partial charge in [-0.1, -0.05) is 38.5 Å². The lowest BCUT2D eigenvalue weighted by atomic mass is 9.99. The van der Waals surface area contributed by atoms with E-state index in [0.717, 1.165) is 5.56 Å². The van der Waals surface area contributed by atoms with Gasteiger partial charge in [0, 0.05) is 11.6 Å². The summed E-state index contributed by atoms with van der Waals surface area (Å²) in [5.41, 5.74) is 0.755. The lowest BCUT2D eigenvalue weighted by Gasteiger charge is -2.19. The predicted octanol–water partition coefficient (Wildman–Crippen LogP) is 2.32. The number of carboxylic acids is 1. The smallest absolute Gasteiger partial charge is 0.326 e. The second-order valence-electron chi connectivity index (χ2n) is 4.79. The van der Waals surface area contributed by atoms with Crippen LogP contribution in [0.25, 0.3) is 6.08 Å². The lowest BCUT2D eigenvalue weighted by molar-refractivity contribution is -0.142. The van der Waals surface area contributed by atoms with E-state index in [0.29, 0.717) is 12.2 Å². The molecule has 0 bridgehead atoms. The Hall–Kier alpha value is -2.30. The number of carboxylic acid groups (broad SMARTS) is 1. The maximum atomic E-state index is 11.8. The summed E-state index contributed by atoms with van der Waals surface area (Å²) >= 11 is 0. The topological polar surface area (TPSA) is 75.6 Å². The van der Waals surface area contributed by atoms with Crippen molar-refractivity contribution in [3.8, 4) is 5.75 Å². The number of amides is 1. The molecule has 0 radical (unpaired) electrons. The van der Waals surface area contributed by atoms with Crippen LogP contribution in [0.4, 0.5) is 0 Å². The second kappa shape index (κ2) is 8.09. The molecule has 2 N–H and O–H groups in total. The van der Waals surface area contributed by atoms with Gasteiger partial charge in [0.1, 0.15) is 11.8 Å². The molecule has 0 heterocycles. The zero-order valence-corrected chi connectivity index (χ0v) is 12.5. The molecule has 0 saturated heterocycles. The molecule has 5 nitrogen and oxygen atoms in total. The molecule has 0 aliphatic heterocycles. The first-order valence-corrected chi connectivity index (χ1v) is 6.84. The third-order valence-corrected chi connectivity index (χ3v) is 3.33. The molecule has 0 fully saturated rings. The maximum absolute atomic E-state index is 11.8. The van der Waals surface area contributed by atoms with Gasteiger partial charge in [0.05, 0.1) is 7.11 Å². The number of benzene rings is 1. The van der Waals surface area contributed by atoms with Gasteiger partial charge in [-0.15, -0.1) is 0 Å². The lowest BCUT2D eigenvalue weighted by Crippen LogP contribution is -2.44. The van der Waals surface area contributed by atoms with Gasteiger partial charge in [-0.25, -0.2) is 4.79 Å². The van der Waals surface area contributed by atoms with Crippen LogP contribution in [-0.4, -0.2) is 30.1 Å². The van der Waals surface area contributed by atoms with Crippen LogP contribution in [0, 0.1) is 5.92 Å². The molecule has 1 aromatic carbocycles. The van der Waals surface area contributed by atoms with E-state index in [1.54, 1.807) is 26.2 Å². The van der Waals surface area contributed by atoms with E-state index >= 15 is 0 Å². The van der Waals surface area contributed by atoms with Gasteiger partial charge in [-0.2, -0.15) is 0 Å². The summed E-state index contributed by atoms with van der Waals surface area (Å²) in [7, 11) is 1.55. The Morgan fingerprint density at radius 3 is 2.62 bits per heavy atom. The zero-order valence-electron chi connectivity index (χ0n) is 12.5. The zero-order chi connectivity index (χ0) is 15.8. The van der Waals surface area contributed by atoms with Crippen molar-refractivity contribution in [3.05, 3.63) is 35.9 Å². The van der Waals surface area contributed by atoms with Crippen LogP contribution in [-0.2, 0) is 9.59 Å². The molecular weight excluding hydrogens is 270 g/mol. The summed E-state index contributed by atoms with van der Waals surface area (Å²) in [6.45, 7) is 3.68. The monoisotopic (exact) mass is 291 g/mol. The van der Waals surface area contributed by atoms with E-state index in [1.807, 2.05) is 25.1 Å². The van der Waals surface area contributed by atoms with E-state index in [4.69, 9.17) is 9.84 Å². The number of carbonyl (C=O) groups excluding carboxylic acids is 1. The molecule has 2 atom stereocenters. The minimum absolute atomic E-state index is 0.133. The molecule has 1 amide bonds. The SMILES string of the molecule is CC[C@H](C)[C@H](NC(=O)/C=C/c1ccccc1OC)C(=O)O. The predicted molar refractivity (Wildman–Crippen MR) is 81.0 cm³/mol. The van der Waals surface area contributed by atoms with Crippen molar-refractivity contribution in [1.29, 1.82) is 0 Å². The minimum atomic E-state index is -1.02. The van der Waals surface area contributed by atoms with Gasteiger partial charge < -0.3 is 15.2 Å². The fourth-order valence-corrected chi connectivity index (χ4v) is 1.85. The molecule has 1 rings (SSSR count). The molecule has 0 unspecified atom stereocenters. The Morgan fingerprint density at radius 2 is 2.05 bits per heavy atom. The first-order chi connectivity index (χ1) is 9.99. The molecule has 0 aliphatic rings. The van der Waals surface area contributed by atoms with E-state index < -0.39 is 17.9 Å². The van der Waals surface area contributed by atoms with E-state index in [-0.39, 0.29) is 5.92 Å². The van der Waals surface area contributed by atoms with Crippen LogP contribution >= 0.6 is 0 Å². The molecule has 114 valence electrons. The number of carbonyl (C=O) groups is 2. The van der Waals surface area contributed by atoms with Gasteiger partial charge in [-0.05, 0) is 18.1 Å². The van der Waals surface area contributed by atoms with Crippen molar-refractivity contribution in [2.45, 2.75) is 26.3 Å². The average molecular weight is 291 g/mol. The highest BCUT2D eigenvalue weighted by molar-refractivity contribution is 5.94. The van der Waals surface area contributed by atoms with Crippen molar-refractivity contribution in [1.82, 2.24) is 5.32 Å². The van der Waals surface area contributed by atoms with E-state index in [1.165, 1.54) is 6.08 Å². The van der Waals surface area contributed by atoms with Gasteiger partial charge in [0.15, 0.2) is 0 Å². The first kappa shape index (κ1) is 16.8. The third kappa shape index (κ3) is 4.95. The summed E-state index contributed by atoms with van der Waals surface area (Å²) < 4.78 is 5.18. The van der Waals surface area contributed by atoms with Crippen LogP contribution < -0.4 is 10.1 Å². The molecule has 0 aromatic heterocycles. The fourth-order valence-electron chi connectivity index (χ4n) is 1.85. The standard InChI is InChI=1S/C16H21NO4/c1-4-11(2)15(16(19)20)17-14(18)10-9-12-7-5-6-8-13(12)21-3/h5-11,15H,4H2,1-3H3,(H,17,18)(H,19,20)/b10-9+/t11-,15-/m0/s1. The van der Waals surface area contributed by atoms with Crippen molar-refractivity contribution < 1.29 is 19.4 Å². The summed E-state index contributed by atoms with van der Waals surface area (Å²) in [6.07, 6.45) is 3.59. The number of methoxy groups -OCH3 is 1. The molecule has 1 aromatic rings. The number of nitrogens with one attached hydrogen (secondary N) is 1. The number of hydrogen-bond donors (Lipinski definition) is 2. The Bertz CT molecular complexity index is 525. The average Bonchev–Trinajstić information content (AvgIpc) is 2.49. The van der Waals surface area contributed by atoms with Gasteiger partial charge in [0.25, 0.3) is 0 Å². The minimum Gasteiger partial charge on any atom is -0.496 e. The summed E-state index contributed by atoms with van der Waals surface area (Å²) in [6, 6.07) is 6.38. The highest BCUT2D eigenvalue weighted by atomic mass is 16.5. The van der Waals surface area contributed by atoms with Gasteiger partial charge in [0.2, 0.25) is 5.91 Å². The largest absolute Gasteiger partial charge is 0.496 e. The van der Waals surface area contributed by atoms with Crippen LogP contribution in [0.5, 0.6) is 5.75 Å². The van der Waals surface area contributed by atoms with Crippen LogP contribution in [0.15, 0.2) is 30.3 Å². The van der Waals surface area contributed by atoms with Crippen LogP contribution in [0.2, 0.25) is 0 Å². The Balaban J connectivity index is 2.76. The van der Waals surface area contributed by atoms with Crippen molar-refractivity contribution in [2.75, 3.05) is 7.11 Å². The Labute approximate surface area is 124 Å². The normalized spacial score (nSPS) is 13.7. The number of para-hydroxylation sites is 1. The number of hydrogen-bond acceptors (Lipinski definition) is 3. The number of ether oxygens (including phenoxy) is 1. The second-order valence-corrected chi connectivity index (χ2v) is 4.79. The van der Waals surface area contributed by atoms with Crippen molar-refractivity contribution in [3.63, 3.8) is 0 Å². The third-order valence-electron chi connectivity index (χ3n) is 3.33. The molecule has 21 heavy (non-hydrogen) atoms. The maximum Gasteiger partial charge on any atom is 0.326 e. The Morgan fingerprint density at radius 1 is 1.38 bits per heavy atom. The Kier molecular flexibility index (Phi) is 6.46. The van der Waals surface area contributed by atoms with Gasteiger partial charge >= 0.3 is 5.97 Å². The first-order valence-electron chi connectivity index (χ1n) is 6.84. The van der Waals surface area contributed by atoms with Crippen molar-refractivity contribution in [2.24, 2.45) is 5.92 Å². The highest BCUT2D eigenvalue weighted by Gasteiger charge is 2.24. The summed E-state index contributed by atoms with van der Waals surface area (Å²) in [5.74, 6) is -0.943. The van der Waals surface area contributed by atoms with E-state index in [9.17, 15) is 9.59 Å². The number of rotatable bonds is 7. The van der Waals surface area contributed by atoms with E-state index in [2.05, 4.69) is 5.32 Å². The molecule has 0 aliphatic carbocycles. The summed E-state index contributed by atoms with van der Waals surface area (Å²) in [5, 5.41) is 11.6. The molecule has 5 heteroatoms. The van der Waals surface area contributed by atoms with Crippen molar-refractivity contribution >= 4 is 18.0 Å². The molecule has 0 saturated carbocycles. The number of aliphatic carboxylic acids is 1. The van der Waals surface area contributed by atoms with Gasteiger partial charge in [-0.3, -0.25) is 4.79 Å². The van der Waals surface area contributed by atoms with Crippen LogP contribution in [0.1, 0.15) is 25.8 Å². The fraction of sp³-hybridized carbons (Fsp3) is 0.375.